The van der Waals surface area contributed by atoms with Gasteiger partial charge in [0.05, 0.1) is 0 Å². The number of hydrogen-bond acceptors (Lipinski definition) is 6. The molecule has 3 rings (SSSR count). The number of benzene rings is 1. The summed E-state index contributed by atoms with van der Waals surface area (Å²) in [6, 6.07) is 9.77. The van der Waals surface area contributed by atoms with Crippen molar-refractivity contribution in [1.82, 2.24) is 15.2 Å². The van der Waals surface area contributed by atoms with Gasteiger partial charge in [-0.2, -0.15) is 0 Å². The first-order valence-corrected chi connectivity index (χ1v) is 7.63. The zero-order valence-corrected chi connectivity index (χ0v) is 13.1. The third kappa shape index (κ3) is 4.38. The molecule has 0 spiro atoms. The predicted molar refractivity (Wildman–Crippen MR) is 88.3 cm³/mol. The van der Waals surface area contributed by atoms with Crippen LogP contribution in [0.3, 0.4) is 0 Å². The minimum atomic E-state index is -0.445. The van der Waals surface area contributed by atoms with Crippen molar-refractivity contribution in [2.24, 2.45) is 0 Å². The van der Waals surface area contributed by atoms with E-state index in [4.69, 9.17) is 16.3 Å². The standard InChI is InChI=1S/C14H10ClN5O2S/c15-9-2-1-3-10(8-9)17-12(21)18-13-19-20-14(23-13)22-11-4-6-16-7-5-11/h1-8H,(H2,17,18,19,21). The number of urea groups is 1. The van der Waals surface area contributed by atoms with Gasteiger partial charge in [0.15, 0.2) is 0 Å². The summed E-state index contributed by atoms with van der Waals surface area (Å²) >= 11 is 6.96. The molecule has 1 aromatic carbocycles. The first-order chi connectivity index (χ1) is 11.2. The molecule has 0 bridgehead atoms. The van der Waals surface area contributed by atoms with E-state index in [0.717, 1.165) is 11.3 Å². The number of rotatable bonds is 4. The normalized spacial score (nSPS) is 10.1. The minimum Gasteiger partial charge on any atom is -0.430 e. The fraction of sp³-hybridized carbons (Fsp3) is 0. The Balaban J connectivity index is 1.59. The molecule has 0 unspecified atom stereocenters. The van der Waals surface area contributed by atoms with Gasteiger partial charge in [0.1, 0.15) is 5.75 Å². The van der Waals surface area contributed by atoms with Gasteiger partial charge in [0, 0.05) is 23.1 Å². The summed E-state index contributed by atoms with van der Waals surface area (Å²) in [6.07, 6.45) is 3.21. The maximum atomic E-state index is 11.9. The van der Waals surface area contributed by atoms with Crippen molar-refractivity contribution in [1.29, 1.82) is 0 Å². The molecule has 0 saturated heterocycles. The van der Waals surface area contributed by atoms with Crippen molar-refractivity contribution in [3.05, 3.63) is 53.8 Å². The molecule has 23 heavy (non-hydrogen) atoms. The molecule has 9 heteroatoms. The minimum absolute atomic E-state index is 0.314. The van der Waals surface area contributed by atoms with Crippen molar-refractivity contribution in [3.63, 3.8) is 0 Å². The van der Waals surface area contributed by atoms with Crippen LogP contribution in [0.5, 0.6) is 10.9 Å². The van der Waals surface area contributed by atoms with Crippen molar-refractivity contribution >= 4 is 39.8 Å². The van der Waals surface area contributed by atoms with Gasteiger partial charge in [0.2, 0.25) is 5.13 Å². The van der Waals surface area contributed by atoms with Gasteiger partial charge in [-0.25, -0.2) is 4.79 Å². The average molecular weight is 348 g/mol. The third-order valence-corrected chi connectivity index (χ3v) is 3.52. The quantitative estimate of drug-likeness (QED) is 0.744. The number of carbonyl (C=O) groups is 1. The largest absolute Gasteiger partial charge is 0.430 e. The van der Waals surface area contributed by atoms with Gasteiger partial charge in [0.25, 0.3) is 0 Å². The fourth-order valence-corrected chi connectivity index (χ4v) is 2.43. The summed E-state index contributed by atoms with van der Waals surface area (Å²) in [5, 5.41) is 14.1. The molecule has 2 heterocycles. The van der Waals surface area contributed by atoms with Gasteiger partial charge in [-0.3, -0.25) is 10.3 Å². The van der Waals surface area contributed by atoms with Gasteiger partial charge >= 0.3 is 11.2 Å². The molecule has 0 aliphatic heterocycles. The smallest absolute Gasteiger partial charge is 0.325 e. The Morgan fingerprint density at radius 1 is 1.13 bits per heavy atom. The first kappa shape index (κ1) is 15.2. The van der Waals surface area contributed by atoms with E-state index in [0.29, 0.717) is 26.8 Å². The van der Waals surface area contributed by atoms with E-state index in [1.165, 1.54) is 0 Å². The number of pyridine rings is 1. The van der Waals surface area contributed by atoms with E-state index >= 15 is 0 Å². The predicted octanol–water partition coefficient (Wildman–Crippen LogP) is 4.02. The van der Waals surface area contributed by atoms with Crippen LogP contribution in [0.1, 0.15) is 0 Å². The maximum absolute atomic E-state index is 11.9. The average Bonchev–Trinajstić information content (AvgIpc) is 2.95. The van der Waals surface area contributed by atoms with Crippen LogP contribution in [0.25, 0.3) is 0 Å². The monoisotopic (exact) mass is 347 g/mol. The zero-order chi connectivity index (χ0) is 16.1. The lowest BCUT2D eigenvalue weighted by molar-refractivity contribution is 0.262. The van der Waals surface area contributed by atoms with Crippen LogP contribution in [-0.2, 0) is 0 Å². The molecular weight excluding hydrogens is 338 g/mol. The second-order valence-corrected chi connectivity index (χ2v) is 5.62. The van der Waals surface area contributed by atoms with Crippen LogP contribution in [-0.4, -0.2) is 21.2 Å². The van der Waals surface area contributed by atoms with Crippen molar-refractivity contribution < 1.29 is 9.53 Å². The molecule has 0 fully saturated rings. The van der Waals surface area contributed by atoms with Gasteiger partial charge in [-0.15, -0.1) is 5.10 Å². The number of halogens is 1. The second-order valence-electron chi connectivity index (χ2n) is 4.25. The summed E-state index contributed by atoms with van der Waals surface area (Å²) in [5.74, 6) is 0.589. The molecule has 0 atom stereocenters. The van der Waals surface area contributed by atoms with E-state index in [-0.39, 0.29) is 0 Å². The zero-order valence-electron chi connectivity index (χ0n) is 11.6. The number of nitrogens with one attached hydrogen (secondary N) is 2. The Morgan fingerprint density at radius 2 is 1.96 bits per heavy atom. The summed E-state index contributed by atoms with van der Waals surface area (Å²) in [6.45, 7) is 0. The number of ether oxygens (including phenoxy) is 1. The lowest BCUT2D eigenvalue weighted by Gasteiger charge is -2.04. The number of hydrogen-bond donors (Lipinski definition) is 2. The topological polar surface area (TPSA) is 89.0 Å². The molecule has 2 N–H and O–H groups in total. The van der Waals surface area contributed by atoms with Crippen molar-refractivity contribution in [2.75, 3.05) is 10.6 Å². The Hall–Kier alpha value is -2.71. The molecule has 0 saturated carbocycles. The van der Waals surface area contributed by atoms with E-state index in [1.807, 2.05) is 0 Å². The van der Waals surface area contributed by atoms with Gasteiger partial charge in [-0.1, -0.05) is 22.8 Å². The number of anilines is 2. The number of aromatic nitrogens is 3. The highest BCUT2D eigenvalue weighted by molar-refractivity contribution is 7.17. The second kappa shape index (κ2) is 7.03. The summed E-state index contributed by atoms with van der Waals surface area (Å²) in [5.41, 5.74) is 0.577. The molecule has 0 aliphatic rings. The van der Waals surface area contributed by atoms with Crippen molar-refractivity contribution in [2.45, 2.75) is 0 Å². The molecule has 0 radical (unpaired) electrons. The molecule has 7 nitrogen and oxygen atoms in total. The highest BCUT2D eigenvalue weighted by Gasteiger charge is 2.10. The summed E-state index contributed by atoms with van der Waals surface area (Å²) in [7, 11) is 0. The van der Waals surface area contributed by atoms with Crippen LogP contribution in [0.2, 0.25) is 5.02 Å². The van der Waals surface area contributed by atoms with Crippen LogP contribution >= 0.6 is 22.9 Å². The maximum Gasteiger partial charge on any atom is 0.325 e. The Morgan fingerprint density at radius 3 is 2.74 bits per heavy atom. The molecule has 0 aliphatic carbocycles. The third-order valence-electron chi connectivity index (χ3n) is 2.56. The number of amides is 2. The van der Waals surface area contributed by atoms with E-state index in [2.05, 4.69) is 25.8 Å². The lowest BCUT2D eigenvalue weighted by Crippen LogP contribution is -2.19. The highest BCUT2D eigenvalue weighted by Crippen LogP contribution is 2.27. The molecule has 2 amide bonds. The molecule has 3 aromatic rings. The van der Waals surface area contributed by atoms with Crippen LogP contribution in [0.4, 0.5) is 15.6 Å². The Kier molecular flexibility index (Phi) is 4.65. The number of carbonyl (C=O) groups excluding carboxylic acids is 1. The summed E-state index contributed by atoms with van der Waals surface area (Å²) in [4.78, 5) is 15.8. The van der Waals surface area contributed by atoms with Crippen LogP contribution in [0.15, 0.2) is 48.8 Å². The highest BCUT2D eigenvalue weighted by atomic mass is 35.5. The lowest BCUT2D eigenvalue weighted by atomic mass is 10.3. The van der Waals surface area contributed by atoms with Crippen LogP contribution in [0, 0.1) is 0 Å². The molecule has 116 valence electrons. The summed E-state index contributed by atoms with van der Waals surface area (Å²) < 4.78 is 5.49. The first-order valence-electron chi connectivity index (χ1n) is 6.44. The number of nitrogens with zero attached hydrogens (tertiary/aromatic N) is 3. The molecule has 2 aromatic heterocycles. The van der Waals surface area contributed by atoms with Crippen LogP contribution < -0.4 is 15.4 Å². The van der Waals surface area contributed by atoms with Crippen molar-refractivity contribution in [3.8, 4) is 10.9 Å². The van der Waals surface area contributed by atoms with E-state index in [1.54, 1.807) is 48.8 Å². The Bertz CT molecular complexity index is 812. The van der Waals surface area contributed by atoms with Gasteiger partial charge in [-0.05, 0) is 41.7 Å². The van der Waals surface area contributed by atoms with E-state index < -0.39 is 6.03 Å². The Labute approximate surface area is 140 Å². The molecular formula is C14H10ClN5O2S. The van der Waals surface area contributed by atoms with Gasteiger partial charge < -0.3 is 10.1 Å². The van der Waals surface area contributed by atoms with E-state index in [9.17, 15) is 4.79 Å². The fourth-order valence-electron chi connectivity index (χ4n) is 1.63. The SMILES string of the molecule is O=C(Nc1cccc(Cl)c1)Nc1nnc(Oc2ccncc2)s1.